The Hall–Kier alpha value is -2.32. The average molecular weight is 400 g/mol. The Labute approximate surface area is 166 Å². The van der Waals surface area contributed by atoms with Gasteiger partial charge in [-0.1, -0.05) is 54.4 Å². The maximum Gasteiger partial charge on any atom is 0.136 e. The summed E-state index contributed by atoms with van der Waals surface area (Å²) in [5.41, 5.74) is 4.40. The van der Waals surface area contributed by atoms with Crippen LogP contribution in [0.25, 0.3) is 16.8 Å². The second kappa shape index (κ2) is 8.37. The number of hydrogen-bond acceptors (Lipinski definition) is 4. The lowest BCUT2D eigenvalue weighted by atomic mass is 10.1. The van der Waals surface area contributed by atoms with E-state index in [1.165, 1.54) is 16.9 Å². The van der Waals surface area contributed by atoms with Crippen LogP contribution in [-0.4, -0.2) is 4.98 Å². The third kappa shape index (κ3) is 4.25. The molecule has 0 spiro atoms. The number of allylic oxidation sites excluding steroid dienone is 1. The minimum Gasteiger partial charge on any atom is -0.360 e. The molecule has 0 aliphatic rings. The van der Waals surface area contributed by atoms with Crippen LogP contribution in [0.2, 0.25) is 10.0 Å². The van der Waals surface area contributed by atoms with Crippen molar-refractivity contribution < 1.29 is 0 Å². The zero-order valence-corrected chi connectivity index (χ0v) is 16.3. The lowest BCUT2D eigenvalue weighted by Crippen LogP contribution is -1.91. The first-order chi connectivity index (χ1) is 12.6. The number of thiazole rings is 1. The zero-order chi connectivity index (χ0) is 18.5. The number of anilines is 1. The number of halogens is 2. The van der Waals surface area contributed by atoms with Gasteiger partial charge < -0.3 is 5.32 Å². The van der Waals surface area contributed by atoms with Crippen molar-refractivity contribution >= 4 is 45.8 Å². The lowest BCUT2D eigenvalue weighted by Gasteiger charge is -2.03. The number of rotatable bonds is 5. The van der Waals surface area contributed by atoms with E-state index in [9.17, 15) is 5.26 Å². The number of nitriles is 1. The van der Waals surface area contributed by atoms with Gasteiger partial charge in [0.1, 0.15) is 16.6 Å². The Morgan fingerprint density at radius 2 is 1.96 bits per heavy atom. The molecule has 130 valence electrons. The van der Waals surface area contributed by atoms with E-state index in [1.54, 1.807) is 24.4 Å². The van der Waals surface area contributed by atoms with E-state index >= 15 is 0 Å². The Morgan fingerprint density at radius 3 is 2.62 bits per heavy atom. The predicted molar refractivity (Wildman–Crippen MR) is 111 cm³/mol. The van der Waals surface area contributed by atoms with E-state index < -0.39 is 0 Å². The van der Waals surface area contributed by atoms with Crippen molar-refractivity contribution in [2.75, 3.05) is 5.32 Å². The first kappa shape index (κ1) is 18.5. The van der Waals surface area contributed by atoms with E-state index in [0.717, 1.165) is 23.4 Å². The van der Waals surface area contributed by atoms with Gasteiger partial charge in [0, 0.05) is 22.8 Å². The number of nitrogens with one attached hydrogen (secondary N) is 1. The highest BCUT2D eigenvalue weighted by atomic mass is 35.5. The van der Waals surface area contributed by atoms with Gasteiger partial charge in [-0.25, -0.2) is 4.98 Å². The number of nitrogens with zero attached hydrogens (tertiary/aromatic N) is 2. The van der Waals surface area contributed by atoms with Gasteiger partial charge in [0.05, 0.1) is 15.7 Å². The molecule has 2 aromatic carbocycles. The second-order valence-corrected chi connectivity index (χ2v) is 7.20. The van der Waals surface area contributed by atoms with Crippen LogP contribution in [0.1, 0.15) is 17.5 Å². The molecular weight excluding hydrogens is 385 g/mol. The van der Waals surface area contributed by atoms with Crippen molar-refractivity contribution in [3.63, 3.8) is 0 Å². The van der Waals surface area contributed by atoms with Crippen molar-refractivity contribution in [3.05, 3.63) is 74.7 Å². The number of aromatic nitrogens is 1. The maximum atomic E-state index is 9.47. The Kier molecular flexibility index (Phi) is 5.95. The van der Waals surface area contributed by atoms with Gasteiger partial charge in [-0.05, 0) is 30.2 Å². The van der Waals surface area contributed by atoms with Crippen LogP contribution in [0, 0.1) is 11.3 Å². The molecule has 0 unspecified atom stereocenters. The molecule has 26 heavy (non-hydrogen) atoms. The third-order valence-corrected chi connectivity index (χ3v) is 5.43. The quantitative estimate of drug-likeness (QED) is 0.488. The van der Waals surface area contributed by atoms with Crippen LogP contribution in [0.4, 0.5) is 5.69 Å². The molecule has 6 heteroatoms. The molecule has 1 heterocycles. The summed E-state index contributed by atoms with van der Waals surface area (Å²) in [5.74, 6) is 0. The summed E-state index contributed by atoms with van der Waals surface area (Å²) in [5, 5.41) is 16.1. The number of aryl methyl sites for hydroxylation is 1. The van der Waals surface area contributed by atoms with Crippen molar-refractivity contribution in [1.29, 1.82) is 5.26 Å². The maximum absolute atomic E-state index is 9.47. The molecule has 3 aromatic rings. The van der Waals surface area contributed by atoms with E-state index in [-0.39, 0.29) is 0 Å². The smallest absolute Gasteiger partial charge is 0.136 e. The minimum atomic E-state index is 0.454. The first-order valence-corrected chi connectivity index (χ1v) is 9.61. The Morgan fingerprint density at radius 1 is 1.19 bits per heavy atom. The molecule has 0 bridgehead atoms. The van der Waals surface area contributed by atoms with Crippen LogP contribution >= 0.6 is 34.5 Å². The van der Waals surface area contributed by atoms with Crippen LogP contribution < -0.4 is 5.32 Å². The molecule has 0 fully saturated rings. The van der Waals surface area contributed by atoms with Crippen molar-refractivity contribution in [2.45, 2.75) is 13.3 Å². The molecule has 0 saturated carbocycles. The van der Waals surface area contributed by atoms with Gasteiger partial charge in [0.15, 0.2) is 0 Å². The molecule has 0 aliphatic carbocycles. The Balaban J connectivity index is 1.81. The van der Waals surface area contributed by atoms with Gasteiger partial charge in [-0.3, -0.25) is 0 Å². The molecule has 0 amide bonds. The molecule has 3 rings (SSSR count). The molecule has 0 saturated heterocycles. The monoisotopic (exact) mass is 399 g/mol. The van der Waals surface area contributed by atoms with E-state index in [2.05, 4.69) is 47.6 Å². The van der Waals surface area contributed by atoms with Gasteiger partial charge in [-0.15, -0.1) is 11.3 Å². The van der Waals surface area contributed by atoms with E-state index in [4.69, 9.17) is 23.2 Å². The first-order valence-electron chi connectivity index (χ1n) is 7.97. The summed E-state index contributed by atoms with van der Waals surface area (Å²) in [4.78, 5) is 4.59. The third-order valence-electron chi connectivity index (χ3n) is 3.82. The lowest BCUT2D eigenvalue weighted by molar-refractivity contribution is 1.14. The van der Waals surface area contributed by atoms with Crippen molar-refractivity contribution in [1.82, 2.24) is 4.98 Å². The standard InChI is InChI=1S/C20H15Cl2N3S/c1-2-13-3-5-14(6-4-13)19-12-26-20(25-19)15(10-23)11-24-16-7-8-17(21)18(22)9-16/h3-9,11-12,24H,2H2,1H3. The minimum absolute atomic E-state index is 0.454. The highest BCUT2D eigenvalue weighted by Crippen LogP contribution is 2.28. The van der Waals surface area contributed by atoms with Crippen LogP contribution in [0.3, 0.4) is 0 Å². The number of benzene rings is 2. The fourth-order valence-corrected chi connectivity index (χ4v) is 3.42. The summed E-state index contributed by atoms with van der Waals surface area (Å²) in [6.45, 7) is 2.13. The average Bonchev–Trinajstić information content (AvgIpc) is 3.15. The second-order valence-electron chi connectivity index (χ2n) is 5.53. The summed E-state index contributed by atoms with van der Waals surface area (Å²) in [7, 11) is 0. The van der Waals surface area contributed by atoms with E-state index in [0.29, 0.717) is 20.6 Å². The fraction of sp³-hybridized carbons (Fsp3) is 0.100. The summed E-state index contributed by atoms with van der Waals surface area (Å²) >= 11 is 13.4. The molecule has 3 nitrogen and oxygen atoms in total. The van der Waals surface area contributed by atoms with Crippen LogP contribution in [-0.2, 0) is 6.42 Å². The van der Waals surface area contributed by atoms with Gasteiger partial charge in [-0.2, -0.15) is 5.26 Å². The highest BCUT2D eigenvalue weighted by molar-refractivity contribution is 7.11. The summed E-state index contributed by atoms with van der Waals surface area (Å²) in [6.07, 6.45) is 2.63. The topological polar surface area (TPSA) is 48.7 Å². The molecule has 1 N–H and O–H groups in total. The van der Waals surface area contributed by atoms with Gasteiger partial charge >= 0.3 is 0 Å². The van der Waals surface area contributed by atoms with Crippen LogP contribution in [0.15, 0.2) is 54.0 Å². The normalized spacial score (nSPS) is 11.2. The van der Waals surface area contributed by atoms with Gasteiger partial charge in [0.2, 0.25) is 0 Å². The Bertz CT molecular complexity index is 985. The number of hydrogen-bond donors (Lipinski definition) is 1. The molecular formula is C20H15Cl2N3S. The SMILES string of the molecule is CCc1ccc(-c2csc(C(C#N)=CNc3ccc(Cl)c(Cl)c3)n2)cc1. The fourth-order valence-electron chi connectivity index (χ4n) is 2.32. The molecule has 0 aliphatic heterocycles. The highest BCUT2D eigenvalue weighted by Gasteiger charge is 2.09. The summed E-state index contributed by atoms with van der Waals surface area (Å²) < 4.78 is 0. The summed E-state index contributed by atoms with van der Waals surface area (Å²) in [6, 6.07) is 15.7. The van der Waals surface area contributed by atoms with Crippen molar-refractivity contribution in [2.24, 2.45) is 0 Å². The largest absolute Gasteiger partial charge is 0.360 e. The molecule has 0 atom stereocenters. The molecule has 0 radical (unpaired) electrons. The molecule has 1 aromatic heterocycles. The van der Waals surface area contributed by atoms with Crippen molar-refractivity contribution in [3.8, 4) is 17.3 Å². The predicted octanol–water partition coefficient (Wildman–Crippen LogP) is 6.66. The zero-order valence-electron chi connectivity index (χ0n) is 14.0. The van der Waals surface area contributed by atoms with E-state index in [1.807, 2.05) is 5.38 Å². The van der Waals surface area contributed by atoms with Crippen LogP contribution in [0.5, 0.6) is 0 Å². The van der Waals surface area contributed by atoms with Gasteiger partial charge in [0.25, 0.3) is 0 Å².